The molecule has 0 heterocycles. The minimum Gasteiger partial charge on any atom is -0.484 e. The molecule has 2 aromatic carbocycles. The van der Waals surface area contributed by atoms with E-state index in [0.717, 1.165) is 34.8 Å². The molecule has 0 saturated heterocycles. The van der Waals surface area contributed by atoms with Gasteiger partial charge in [0.15, 0.2) is 6.61 Å². The maximum Gasteiger partial charge on any atom is 0.258 e. The van der Waals surface area contributed by atoms with E-state index >= 15 is 0 Å². The van der Waals surface area contributed by atoms with Crippen LogP contribution in [0, 0.1) is 13.8 Å². The number of nitrogens with one attached hydrogen (secondary N) is 1. The van der Waals surface area contributed by atoms with Crippen LogP contribution in [0.15, 0.2) is 42.5 Å². The molecular weight excluding hydrogens is 360 g/mol. The number of benzene rings is 2. The first-order chi connectivity index (χ1) is 12.9. The summed E-state index contributed by atoms with van der Waals surface area (Å²) in [6.07, 6.45) is 0. The number of nitrogens with zero attached hydrogens (tertiary/aromatic N) is 1. The summed E-state index contributed by atoms with van der Waals surface area (Å²) >= 11 is 6.40. The lowest BCUT2D eigenvalue weighted by atomic mass is 10.0. The van der Waals surface area contributed by atoms with Crippen LogP contribution >= 0.6 is 11.6 Å². The van der Waals surface area contributed by atoms with Gasteiger partial charge in [-0.25, -0.2) is 0 Å². The van der Waals surface area contributed by atoms with Gasteiger partial charge in [0.25, 0.3) is 5.91 Å². The molecule has 0 spiro atoms. The number of aryl methyl sites for hydroxylation is 2. The second-order valence-corrected chi connectivity index (χ2v) is 7.08. The van der Waals surface area contributed by atoms with Gasteiger partial charge in [-0.1, -0.05) is 49.7 Å². The predicted molar refractivity (Wildman–Crippen MR) is 112 cm³/mol. The maximum absolute atomic E-state index is 12.3. The Bertz CT molecular complexity index is 739. The molecule has 0 fully saturated rings. The molecule has 4 nitrogen and oxygen atoms in total. The number of hydrogen-bond donors (Lipinski definition) is 1. The van der Waals surface area contributed by atoms with Crippen LogP contribution in [0.25, 0.3) is 0 Å². The topological polar surface area (TPSA) is 41.6 Å². The number of halogens is 1. The Labute approximate surface area is 167 Å². The SMILES string of the molecule is CCN(CC)C(CNC(=O)COc1cc(C)cc(C)c1)c1ccccc1Cl. The van der Waals surface area contributed by atoms with Crippen LogP contribution in [0.2, 0.25) is 5.02 Å². The number of hydrogen-bond acceptors (Lipinski definition) is 3. The highest BCUT2D eigenvalue weighted by Crippen LogP contribution is 2.27. The first-order valence-corrected chi connectivity index (χ1v) is 9.78. The third-order valence-electron chi connectivity index (χ3n) is 4.58. The molecule has 0 bridgehead atoms. The third kappa shape index (κ3) is 6.26. The molecule has 27 heavy (non-hydrogen) atoms. The zero-order chi connectivity index (χ0) is 19.8. The van der Waals surface area contributed by atoms with Crippen molar-refractivity contribution in [3.05, 3.63) is 64.2 Å². The number of carbonyl (C=O) groups excluding carboxylic acids is 1. The molecule has 0 aromatic heterocycles. The lowest BCUT2D eigenvalue weighted by molar-refractivity contribution is -0.123. The van der Waals surface area contributed by atoms with E-state index in [1.165, 1.54) is 0 Å². The van der Waals surface area contributed by atoms with E-state index in [4.69, 9.17) is 16.3 Å². The first-order valence-electron chi connectivity index (χ1n) is 9.40. The molecule has 0 aliphatic rings. The average molecular weight is 389 g/mol. The molecule has 0 radical (unpaired) electrons. The zero-order valence-electron chi connectivity index (χ0n) is 16.6. The van der Waals surface area contributed by atoms with Crippen LogP contribution in [0.4, 0.5) is 0 Å². The standard InChI is InChI=1S/C22H29ClN2O2/c1-5-25(6-2)21(19-9-7-8-10-20(19)23)14-24-22(26)15-27-18-12-16(3)11-17(4)13-18/h7-13,21H,5-6,14-15H2,1-4H3,(H,24,26). The van der Waals surface area contributed by atoms with Crippen molar-refractivity contribution in [3.8, 4) is 5.75 Å². The molecule has 0 aliphatic carbocycles. The van der Waals surface area contributed by atoms with Gasteiger partial charge in [0.1, 0.15) is 5.75 Å². The van der Waals surface area contributed by atoms with Crippen LogP contribution in [-0.4, -0.2) is 37.0 Å². The van der Waals surface area contributed by atoms with Crippen molar-refractivity contribution in [1.82, 2.24) is 10.2 Å². The van der Waals surface area contributed by atoms with Gasteiger partial charge < -0.3 is 10.1 Å². The smallest absolute Gasteiger partial charge is 0.258 e. The second kappa shape index (κ2) is 10.3. The zero-order valence-corrected chi connectivity index (χ0v) is 17.3. The number of amides is 1. The second-order valence-electron chi connectivity index (χ2n) is 6.67. The third-order valence-corrected chi connectivity index (χ3v) is 4.92. The molecule has 0 saturated carbocycles. The Morgan fingerprint density at radius 1 is 1.11 bits per heavy atom. The molecular formula is C22H29ClN2O2. The molecule has 1 amide bonds. The van der Waals surface area contributed by atoms with Gasteiger partial charge in [-0.3, -0.25) is 9.69 Å². The van der Waals surface area contributed by atoms with E-state index in [-0.39, 0.29) is 18.6 Å². The first kappa shape index (κ1) is 21.3. The highest BCUT2D eigenvalue weighted by atomic mass is 35.5. The summed E-state index contributed by atoms with van der Waals surface area (Å²) in [6, 6.07) is 13.8. The van der Waals surface area contributed by atoms with E-state index in [9.17, 15) is 4.79 Å². The number of likely N-dealkylation sites (N-methyl/N-ethyl adjacent to an activating group) is 1. The van der Waals surface area contributed by atoms with Crippen molar-refractivity contribution < 1.29 is 9.53 Å². The summed E-state index contributed by atoms with van der Waals surface area (Å²) in [5, 5.41) is 3.71. The molecule has 2 aromatic rings. The lowest BCUT2D eigenvalue weighted by Gasteiger charge is -2.30. The van der Waals surface area contributed by atoms with Crippen LogP contribution in [0.3, 0.4) is 0 Å². The molecule has 146 valence electrons. The predicted octanol–water partition coefficient (Wildman–Crippen LogP) is 4.53. The molecule has 1 unspecified atom stereocenters. The van der Waals surface area contributed by atoms with Crippen LogP contribution in [0.5, 0.6) is 5.75 Å². The molecule has 5 heteroatoms. The monoisotopic (exact) mass is 388 g/mol. The summed E-state index contributed by atoms with van der Waals surface area (Å²) in [7, 11) is 0. The minimum absolute atomic E-state index is 0.00359. The van der Waals surface area contributed by atoms with Crippen LogP contribution < -0.4 is 10.1 Å². The van der Waals surface area contributed by atoms with Crippen molar-refractivity contribution in [2.45, 2.75) is 33.7 Å². The van der Waals surface area contributed by atoms with Crippen molar-refractivity contribution in [2.24, 2.45) is 0 Å². The summed E-state index contributed by atoms with van der Waals surface area (Å²) in [5.74, 6) is 0.576. The Morgan fingerprint density at radius 3 is 2.33 bits per heavy atom. The highest BCUT2D eigenvalue weighted by Gasteiger charge is 2.21. The summed E-state index contributed by atoms with van der Waals surface area (Å²) in [6.45, 7) is 10.5. The minimum atomic E-state index is -0.140. The fourth-order valence-electron chi connectivity index (χ4n) is 3.27. The van der Waals surface area contributed by atoms with E-state index in [2.05, 4.69) is 30.1 Å². The van der Waals surface area contributed by atoms with E-state index in [1.54, 1.807) is 0 Å². The van der Waals surface area contributed by atoms with Crippen molar-refractivity contribution in [3.63, 3.8) is 0 Å². The highest BCUT2D eigenvalue weighted by molar-refractivity contribution is 6.31. The van der Waals surface area contributed by atoms with Crippen LogP contribution in [0.1, 0.15) is 36.6 Å². The normalized spacial score (nSPS) is 12.1. The Morgan fingerprint density at radius 2 is 1.74 bits per heavy atom. The van der Waals surface area contributed by atoms with Gasteiger partial charge in [0.2, 0.25) is 0 Å². The molecule has 0 aliphatic heterocycles. The number of rotatable bonds is 9. The van der Waals surface area contributed by atoms with Gasteiger partial charge in [-0.05, 0) is 61.8 Å². The van der Waals surface area contributed by atoms with Crippen molar-refractivity contribution >= 4 is 17.5 Å². The molecule has 1 N–H and O–H groups in total. The van der Waals surface area contributed by atoms with Crippen LogP contribution in [-0.2, 0) is 4.79 Å². The summed E-state index contributed by atoms with van der Waals surface area (Å²) in [4.78, 5) is 14.6. The largest absolute Gasteiger partial charge is 0.484 e. The van der Waals surface area contributed by atoms with E-state index < -0.39 is 0 Å². The fraction of sp³-hybridized carbons (Fsp3) is 0.409. The Hall–Kier alpha value is -2.04. The van der Waals surface area contributed by atoms with Gasteiger partial charge in [0, 0.05) is 11.6 Å². The van der Waals surface area contributed by atoms with E-state index in [0.29, 0.717) is 12.3 Å². The Kier molecular flexibility index (Phi) is 8.14. The molecule has 2 rings (SSSR count). The van der Waals surface area contributed by atoms with Gasteiger partial charge in [0.05, 0.1) is 6.04 Å². The quantitative estimate of drug-likeness (QED) is 0.685. The Balaban J connectivity index is 1.99. The number of ether oxygens (including phenoxy) is 1. The lowest BCUT2D eigenvalue weighted by Crippen LogP contribution is -2.39. The summed E-state index contributed by atoms with van der Waals surface area (Å²) < 4.78 is 5.65. The van der Waals surface area contributed by atoms with Gasteiger partial charge in [-0.15, -0.1) is 0 Å². The van der Waals surface area contributed by atoms with Crippen molar-refractivity contribution in [1.29, 1.82) is 0 Å². The van der Waals surface area contributed by atoms with Gasteiger partial charge in [-0.2, -0.15) is 0 Å². The van der Waals surface area contributed by atoms with E-state index in [1.807, 2.05) is 50.2 Å². The molecule has 1 atom stereocenters. The average Bonchev–Trinajstić information content (AvgIpc) is 2.63. The number of carbonyl (C=O) groups is 1. The van der Waals surface area contributed by atoms with Gasteiger partial charge >= 0.3 is 0 Å². The fourth-order valence-corrected chi connectivity index (χ4v) is 3.53. The van der Waals surface area contributed by atoms with Crippen molar-refractivity contribution in [2.75, 3.05) is 26.2 Å². The summed E-state index contributed by atoms with van der Waals surface area (Å²) in [5.41, 5.74) is 3.26. The maximum atomic E-state index is 12.3.